The number of carboxylic acid groups (broad SMARTS) is 2. The fraction of sp³-hybridized carbons (Fsp3) is 0.733. The van der Waals surface area contributed by atoms with Crippen LogP contribution in [0.5, 0.6) is 0 Å². The molecule has 10 unspecified atom stereocenters. The number of rotatable bonds is 18. The summed E-state index contributed by atoms with van der Waals surface area (Å²) in [6.07, 6.45) is 14.7. The van der Waals surface area contributed by atoms with E-state index in [0.29, 0.717) is 74.9 Å². The molecule has 2 heterocycles. The number of carbonyl (C=O) groups excluding carboxylic acids is 1. The zero-order chi connectivity index (χ0) is 74.3. The van der Waals surface area contributed by atoms with Crippen LogP contribution in [0.3, 0.4) is 0 Å². The molecule has 0 saturated heterocycles. The highest BCUT2D eigenvalue weighted by Gasteiger charge is 2.73. The van der Waals surface area contributed by atoms with E-state index in [2.05, 4.69) is 102 Å². The molecule has 562 valence electrons. The molecule has 17 heteroatoms. The number of carboxylic acids is 2. The maximum absolute atomic E-state index is 14.8. The molecule has 8 saturated carbocycles. The largest absolute Gasteiger partial charge is 0.481 e. The molecule has 0 bridgehead atoms. The van der Waals surface area contributed by atoms with Gasteiger partial charge in [-0.1, -0.05) is 131 Å². The molecule has 0 amide bonds. The van der Waals surface area contributed by atoms with Gasteiger partial charge in [0.25, 0.3) is 0 Å². The number of benzene rings is 2. The summed E-state index contributed by atoms with van der Waals surface area (Å²) in [6, 6.07) is 13.1. The van der Waals surface area contributed by atoms with Gasteiger partial charge in [-0.25, -0.2) is 0 Å². The number of carbonyl (C=O) groups is 3. The first kappa shape index (κ1) is 75.1. The van der Waals surface area contributed by atoms with E-state index >= 15 is 0 Å². The average Bonchev–Trinajstić information content (AvgIpc) is 1.59. The number of nitrogens with zero attached hydrogens (tertiary/aromatic N) is 4. The van der Waals surface area contributed by atoms with Crippen LogP contribution in [0.2, 0.25) is 10.0 Å². The predicted octanol–water partition coefficient (Wildman–Crippen LogP) is 20.0. The summed E-state index contributed by atoms with van der Waals surface area (Å²) in [7, 11) is 0. The molecular weight excluding hydrogens is 1340 g/mol. The van der Waals surface area contributed by atoms with Crippen molar-refractivity contribution < 1.29 is 53.1 Å². The first-order chi connectivity index (χ1) is 48.1. The van der Waals surface area contributed by atoms with Crippen LogP contribution >= 0.6 is 23.2 Å². The van der Waals surface area contributed by atoms with Crippen LogP contribution in [0.25, 0.3) is 22.9 Å². The summed E-state index contributed by atoms with van der Waals surface area (Å²) in [6.45, 7) is 38.7. The minimum Gasteiger partial charge on any atom is -0.481 e. The van der Waals surface area contributed by atoms with Gasteiger partial charge in [0.15, 0.2) is 18.4 Å². The summed E-state index contributed by atoms with van der Waals surface area (Å²) in [5, 5.41) is 64.7. The molecule has 103 heavy (non-hydrogen) atoms. The van der Waals surface area contributed by atoms with Gasteiger partial charge in [0.1, 0.15) is 0 Å². The first-order valence-electron chi connectivity index (χ1n) is 39.5. The van der Waals surface area contributed by atoms with Gasteiger partial charge < -0.3 is 38.7 Å². The van der Waals surface area contributed by atoms with Crippen molar-refractivity contribution in [2.45, 2.75) is 295 Å². The molecule has 19 atom stereocenters. The van der Waals surface area contributed by atoms with Crippen LogP contribution in [0.4, 0.5) is 0 Å². The Kier molecular flexibility index (Phi) is 18.5. The number of aliphatic hydroxyl groups excluding tert-OH is 2. The molecule has 10 aliphatic rings. The van der Waals surface area contributed by atoms with E-state index in [0.717, 1.165) is 126 Å². The molecule has 0 aliphatic heterocycles. The number of allylic oxidation sites excluding steroid dienone is 4. The van der Waals surface area contributed by atoms with Crippen LogP contribution < -0.4 is 0 Å². The van der Waals surface area contributed by atoms with E-state index in [9.17, 15) is 34.8 Å². The number of fused-ring (bicyclic) bond motifs is 14. The fourth-order valence-electron chi connectivity index (χ4n) is 26.9. The van der Waals surface area contributed by atoms with Crippen LogP contribution in [-0.2, 0) is 41.1 Å². The molecule has 4 N–H and O–H groups in total. The Morgan fingerprint density at radius 3 is 1.56 bits per heavy atom. The Hall–Kier alpha value is -4.77. The van der Waals surface area contributed by atoms with E-state index in [-0.39, 0.29) is 110 Å². The van der Waals surface area contributed by atoms with Crippen LogP contribution in [0, 0.1) is 101 Å². The summed E-state index contributed by atoms with van der Waals surface area (Å²) < 4.78 is 27.0. The summed E-state index contributed by atoms with van der Waals surface area (Å²) >= 11 is 13.4. The van der Waals surface area contributed by atoms with Gasteiger partial charge in [0.2, 0.25) is 23.6 Å². The van der Waals surface area contributed by atoms with Crippen LogP contribution in [0.15, 0.2) is 73.6 Å². The van der Waals surface area contributed by atoms with Crippen LogP contribution in [0.1, 0.15) is 270 Å². The lowest BCUT2D eigenvalue weighted by Gasteiger charge is -2.72. The van der Waals surface area contributed by atoms with E-state index in [1.807, 2.05) is 36.4 Å². The van der Waals surface area contributed by atoms with Crippen molar-refractivity contribution >= 4 is 40.9 Å². The van der Waals surface area contributed by atoms with Crippen molar-refractivity contribution in [2.75, 3.05) is 0 Å². The van der Waals surface area contributed by atoms with Crippen LogP contribution in [-0.4, -0.2) is 83.3 Å². The molecule has 15 nitrogen and oxygen atoms in total. The third kappa shape index (κ3) is 11.2. The van der Waals surface area contributed by atoms with Gasteiger partial charge in [0.05, 0.1) is 33.9 Å². The van der Waals surface area contributed by atoms with Gasteiger partial charge in [-0.3, -0.25) is 14.4 Å². The molecule has 2 aromatic carbocycles. The Balaban J connectivity index is 0.660. The lowest BCUT2D eigenvalue weighted by atomic mass is 9.33. The zero-order valence-corrected chi connectivity index (χ0v) is 66.2. The molecule has 8 fully saturated rings. The zero-order valence-electron chi connectivity index (χ0n) is 64.7. The molecule has 14 rings (SSSR count). The van der Waals surface area contributed by atoms with E-state index in [4.69, 9.17) is 56.8 Å². The Morgan fingerprint density at radius 1 is 0.553 bits per heavy atom. The Morgan fingerprint density at radius 2 is 1.05 bits per heavy atom. The number of ether oxygens (including phenoxy) is 2. The fourth-order valence-corrected chi connectivity index (χ4v) is 27.2. The average molecular weight is 1450 g/mol. The topological polar surface area (TPSA) is 228 Å². The smallest absolute Gasteiger partial charge is 0.309 e. The van der Waals surface area contributed by atoms with E-state index in [1.165, 1.54) is 5.57 Å². The van der Waals surface area contributed by atoms with Gasteiger partial charge in [-0.15, -0.1) is 20.4 Å². The maximum atomic E-state index is 14.8. The second-order valence-corrected chi connectivity index (χ2v) is 40.1. The highest BCUT2D eigenvalue weighted by atomic mass is 35.5. The highest BCUT2D eigenvalue weighted by molar-refractivity contribution is 6.31. The van der Waals surface area contributed by atoms with Crippen molar-refractivity contribution in [1.82, 2.24) is 20.4 Å². The SMILES string of the molecule is CC(C)C1=C2[C@H]3CC[C@@H]4C5(C)CC[C@H](OC(O)CC(C)(Cc6cc(-c7nnc(C89CC[C@]%10(C)[C@H](CC[C@H]%11C%10(C)CCC%10C(C)(C)C(OC(O)CC(C)(C)C(=O)O)CC[C@@]%10%11C)C8=C(C(C)C)C(=O)C9)o7)ccc6Cl)C(=O)O)C(C)(C)[C@@H]5CCC4(C)[C@]3(C)CCC2(c2nnc(-c3ccc(Cl)cc3)o2)CC1. The lowest BCUT2D eigenvalue weighted by molar-refractivity contribution is -0.257. The van der Waals surface area contributed by atoms with Gasteiger partial charge in [-0.05, 0) is 293 Å². The number of aromatic nitrogens is 4. The van der Waals surface area contributed by atoms with Gasteiger partial charge >= 0.3 is 11.9 Å². The summed E-state index contributed by atoms with van der Waals surface area (Å²) in [4.78, 5) is 40.5. The normalized spacial score (nSPS) is 38.5. The summed E-state index contributed by atoms with van der Waals surface area (Å²) in [5.74, 6) is 2.67. The molecule has 0 spiro atoms. The summed E-state index contributed by atoms with van der Waals surface area (Å²) in [5.41, 5.74) is 3.12. The third-order valence-electron chi connectivity index (χ3n) is 32.7. The molecular formula is C86H118Cl2N4O11. The quantitative estimate of drug-likeness (QED) is 0.0536. The number of Topliss-reactive ketones (excluding diaryl/α,β-unsaturated/α-hetero) is 1. The minimum atomic E-state index is -1.48. The maximum Gasteiger partial charge on any atom is 0.309 e. The standard InChI is InChI=1S/C86H118Cl2N4O11/c1-47(2)53-28-37-85(71-91-89-69(102-71)49-18-21-52(87)22-19-49)40-38-81(14)54(67(53)85)23-26-60-79(12)34-32-63(77(9,10)59(79)29-35-83(60,81)16)101-65(95)46-78(11,74(98)99)43-51-42-50(20-25-56(51)88)70-90-92-72(103-70)86-41-39-82(15)55(68(86)66(48(3)4)57(93)44-86)24-27-61-80(13)33-31-62(100-64(94)45-75(5,6)73(96)97)76(7,8)58(80)30-36-84(61,82)17/h18-22,25,42,47-48,54-55,58-65,94-95H,23-24,26-41,43-46H2,1-17H3,(H,96,97)(H,98,99)/t54-,55-,58?,59+,60-,61-,62?,63+,64?,65?,78?,79?,80+,81-,82-,83?,84?,85?,86?/m1/s1. The Bertz CT molecular complexity index is 4070. The number of halogens is 2. The third-order valence-corrected chi connectivity index (χ3v) is 33.3. The lowest BCUT2D eigenvalue weighted by Crippen LogP contribution is -2.66. The Labute approximate surface area is 622 Å². The number of hydrogen-bond acceptors (Lipinski definition) is 13. The number of hydrogen-bond donors (Lipinski definition) is 4. The predicted molar refractivity (Wildman–Crippen MR) is 398 cm³/mol. The van der Waals surface area contributed by atoms with Gasteiger partial charge in [-0.2, -0.15) is 0 Å². The highest BCUT2D eigenvalue weighted by Crippen LogP contribution is 2.79. The van der Waals surface area contributed by atoms with Crippen molar-refractivity contribution in [3.05, 3.63) is 92.1 Å². The molecule has 4 aromatic rings. The first-order valence-corrected chi connectivity index (χ1v) is 40.2. The van der Waals surface area contributed by atoms with Gasteiger partial charge in [0, 0.05) is 40.4 Å². The monoisotopic (exact) mass is 1450 g/mol. The van der Waals surface area contributed by atoms with Crippen molar-refractivity contribution in [3.8, 4) is 22.9 Å². The number of aliphatic hydroxyl groups is 2. The van der Waals surface area contributed by atoms with Crippen molar-refractivity contribution in [2.24, 2.45) is 101 Å². The van der Waals surface area contributed by atoms with Crippen molar-refractivity contribution in [1.29, 1.82) is 0 Å². The number of aliphatic carboxylic acids is 2. The molecule has 2 aromatic heterocycles. The number of ketones is 1. The van der Waals surface area contributed by atoms with E-state index < -0.39 is 40.8 Å². The van der Waals surface area contributed by atoms with Crippen molar-refractivity contribution in [3.63, 3.8) is 0 Å². The minimum absolute atomic E-state index is 0.00273. The molecule has 10 aliphatic carbocycles. The second-order valence-electron chi connectivity index (χ2n) is 39.2. The van der Waals surface area contributed by atoms with E-state index in [1.54, 1.807) is 38.0 Å². The second kappa shape index (κ2) is 25.4. The molecule has 0 radical (unpaired) electrons.